The molecule has 11 heteroatoms. The number of primary amides is 1. The standard InChI is InChI=1S/C21H24F2N4O5.C2H6/c1-12-18(19(28)27-21(20(25)29)5-7-30-11-21)15-8-14(2-3-16(15)32-12)31-10-13(4-6-24)26-9-17(22)23;1-2/h2-4,6,8,17H,5,7,9-11,24H2,1H3,(H2,25,29)(H,27,28);1-2H3/b6-4-,26-13?;. The number of furan rings is 1. The minimum atomic E-state index is -2.59. The second-order valence-corrected chi connectivity index (χ2v) is 7.27. The van der Waals surface area contributed by atoms with E-state index < -0.39 is 30.3 Å². The van der Waals surface area contributed by atoms with Crippen molar-refractivity contribution in [3.8, 4) is 5.75 Å². The summed E-state index contributed by atoms with van der Waals surface area (Å²) in [6.45, 7) is 5.15. The van der Waals surface area contributed by atoms with Crippen molar-refractivity contribution < 1.29 is 32.3 Å². The number of hydrogen-bond acceptors (Lipinski definition) is 7. The highest BCUT2D eigenvalue weighted by atomic mass is 19.3. The highest BCUT2D eigenvalue weighted by Gasteiger charge is 2.43. The monoisotopic (exact) mass is 480 g/mol. The van der Waals surface area contributed by atoms with Crippen LogP contribution in [0.1, 0.15) is 36.4 Å². The van der Waals surface area contributed by atoms with Gasteiger partial charge in [-0.05, 0) is 37.4 Å². The Morgan fingerprint density at radius 1 is 1.35 bits per heavy atom. The predicted molar refractivity (Wildman–Crippen MR) is 124 cm³/mol. The molecule has 0 bridgehead atoms. The van der Waals surface area contributed by atoms with Gasteiger partial charge in [-0.2, -0.15) is 0 Å². The zero-order valence-corrected chi connectivity index (χ0v) is 19.4. The lowest BCUT2D eigenvalue weighted by Gasteiger charge is -2.24. The zero-order chi connectivity index (χ0) is 25.3. The Labute approximate surface area is 196 Å². The molecular formula is C23H30F2N4O5. The van der Waals surface area contributed by atoms with Crippen molar-refractivity contribution in [3.05, 3.63) is 41.8 Å². The van der Waals surface area contributed by atoms with Crippen molar-refractivity contribution in [2.24, 2.45) is 16.5 Å². The molecule has 9 nitrogen and oxygen atoms in total. The lowest BCUT2D eigenvalue weighted by atomic mass is 9.97. The number of alkyl halides is 2. The zero-order valence-electron chi connectivity index (χ0n) is 19.4. The van der Waals surface area contributed by atoms with Crippen molar-refractivity contribution in [3.63, 3.8) is 0 Å². The van der Waals surface area contributed by atoms with Gasteiger partial charge in [0.15, 0.2) is 0 Å². The van der Waals surface area contributed by atoms with E-state index in [0.717, 1.165) is 0 Å². The summed E-state index contributed by atoms with van der Waals surface area (Å²) < 4.78 is 41.4. The van der Waals surface area contributed by atoms with Gasteiger partial charge in [0.25, 0.3) is 12.3 Å². The number of nitrogens with one attached hydrogen (secondary N) is 1. The first-order chi connectivity index (χ1) is 16.3. The maximum Gasteiger partial charge on any atom is 0.257 e. The number of benzene rings is 1. The van der Waals surface area contributed by atoms with Gasteiger partial charge in [0, 0.05) is 18.4 Å². The van der Waals surface area contributed by atoms with Crippen molar-refractivity contribution >= 4 is 28.5 Å². The first-order valence-corrected chi connectivity index (χ1v) is 10.8. The van der Waals surface area contributed by atoms with Gasteiger partial charge in [-0.1, -0.05) is 13.8 Å². The Bertz CT molecular complexity index is 1060. The lowest BCUT2D eigenvalue weighted by molar-refractivity contribution is -0.124. The maximum atomic E-state index is 13.0. The van der Waals surface area contributed by atoms with Gasteiger partial charge in [0.1, 0.15) is 35.8 Å². The molecule has 0 radical (unpaired) electrons. The summed E-state index contributed by atoms with van der Waals surface area (Å²) >= 11 is 0. The summed E-state index contributed by atoms with van der Waals surface area (Å²) in [6, 6.07) is 4.81. The number of halogens is 2. The molecule has 1 aromatic carbocycles. The Morgan fingerprint density at radius 2 is 2.09 bits per heavy atom. The normalized spacial score (nSPS) is 18.2. The number of aryl methyl sites for hydroxylation is 1. The SMILES string of the molecule is CC.Cc1oc2ccc(OCC(/C=C\N)=NCC(F)F)cc2c1C(=O)NC1(C(N)=O)CCOC1. The molecule has 1 fully saturated rings. The van der Waals surface area contributed by atoms with Crippen molar-refractivity contribution in [1.29, 1.82) is 0 Å². The number of ether oxygens (including phenoxy) is 2. The van der Waals surface area contributed by atoms with Crippen LogP contribution in [0.15, 0.2) is 39.9 Å². The van der Waals surface area contributed by atoms with Crippen LogP contribution in [0.25, 0.3) is 11.0 Å². The van der Waals surface area contributed by atoms with Crippen LogP contribution >= 0.6 is 0 Å². The molecule has 1 aromatic heterocycles. The van der Waals surface area contributed by atoms with Crippen molar-refractivity contribution in [2.75, 3.05) is 26.4 Å². The van der Waals surface area contributed by atoms with E-state index in [2.05, 4.69) is 10.3 Å². The minimum Gasteiger partial charge on any atom is -0.487 e. The molecule has 34 heavy (non-hydrogen) atoms. The molecule has 5 N–H and O–H groups in total. The van der Waals surface area contributed by atoms with E-state index in [9.17, 15) is 18.4 Å². The fraction of sp³-hybridized carbons (Fsp3) is 0.435. The summed E-state index contributed by atoms with van der Waals surface area (Å²) in [7, 11) is 0. The summed E-state index contributed by atoms with van der Waals surface area (Å²) in [5, 5.41) is 3.14. The summed E-state index contributed by atoms with van der Waals surface area (Å²) in [6.07, 6.45) is 0.234. The Morgan fingerprint density at radius 3 is 2.68 bits per heavy atom. The van der Waals surface area contributed by atoms with Gasteiger partial charge < -0.3 is 30.7 Å². The molecular weight excluding hydrogens is 450 g/mol. The quantitative estimate of drug-likeness (QED) is 0.471. The van der Waals surface area contributed by atoms with Crippen LogP contribution in [0.2, 0.25) is 0 Å². The molecule has 1 aliphatic rings. The van der Waals surface area contributed by atoms with Crippen LogP contribution in [-0.2, 0) is 9.53 Å². The third kappa shape index (κ3) is 6.31. The average molecular weight is 481 g/mol. The number of fused-ring (bicyclic) bond motifs is 1. The molecule has 0 spiro atoms. The maximum absolute atomic E-state index is 13.0. The molecule has 186 valence electrons. The van der Waals surface area contributed by atoms with Gasteiger partial charge in [0.05, 0.1) is 17.9 Å². The Balaban J connectivity index is 0.00000199. The number of carbonyl (C=O) groups excluding carboxylic acids is 2. The fourth-order valence-electron chi connectivity index (χ4n) is 3.37. The summed E-state index contributed by atoms with van der Waals surface area (Å²) in [5.41, 5.74) is 10.4. The van der Waals surface area contributed by atoms with Crippen LogP contribution < -0.4 is 21.5 Å². The first kappa shape index (κ1) is 26.8. The second kappa shape index (κ2) is 12.1. The van der Waals surface area contributed by atoms with Gasteiger partial charge >= 0.3 is 0 Å². The molecule has 2 amide bonds. The van der Waals surface area contributed by atoms with E-state index in [1.54, 1.807) is 25.1 Å². The molecule has 1 unspecified atom stereocenters. The fourth-order valence-corrected chi connectivity index (χ4v) is 3.37. The predicted octanol–water partition coefficient (Wildman–Crippen LogP) is 2.70. The third-order valence-corrected chi connectivity index (χ3v) is 5.02. The third-order valence-electron chi connectivity index (χ3n) is 5.02. The van der Waals surface area contributed by atoms with Crippen LogP contribution in [0.4, 0.5) is 8.78 Å². The summed E-state index contributed by atoms with van der Waals surface area (Å²) in [5.74, 6) is -0.510. The molecule has 2 heterocycles. The number of carbonyl (C=O) groups is 2. The van der Waals surface area contributed by atoms with E-state index in [4.69, 9.17) is 25.4 Å². The number of hydrogen-bond donors (Lipinski definition) is 3. The number of aliphatic imine (C=N–C) groups is 1. The highest BCUT2D eigenvalue weighted by molar-refractivity contribution is 6.09. The summed E-state index contributed by atoms with van der Waals surface area (Å²) in [4.78, 5) is 28.7. The van der Waals surface area contributed by atoms with E-state index in [1.807, 2.05) is 13.8 Å². The van der Waals surface area contributed by atoms with Crippen LogP contribution in [0.5, 0.6) is 5.75 Å². The smallest absolute Gasteiger partial charge is 0.257 e. The van der Waals surface area contributed by atoms with Gasteiger partial charge in [-0.25, -0.2) is 8.78 Å². The molecule has 0 saturated carbocycles. The van der Waals surface area contributed by atoms with Gasteiger partial charge in [0.2, 0.25) is 5.91 Å². The first-order valence-electron chi connectivity index (χ1n) is 10.8. The Hall–Kier alpha value is -3.47. The van der Waals surface area contributed by atoms with E-state index in [1.165, 1.54) is 12.3 Å². The van der Waals surface area contributed by atoms with Crippen molar-refractivity contribution in [1.82, 2.24) is 5.32 Å². The van der Waals surface area contributed by atoms with Crippen LogP contribution in [0, 0.1) is 6.92 Å². The van der Waals surface area contributed by atoms with Gasteiger partial charge in [-0.15, -0.1) is 0 Å². The van der Waals surface area contributed by atoms with E-state index >= 15 is 0 Å². The number of nitrogens with zero attached hydrogens (tertiary/aromatic N) is 1. The van der Waals surface area contributed by atoms with Crippen LogP contribution in [-0.4, -0.2) is 55.9 Å². The average Bonchev–Trinajstić information content (AvgIpc) is 3.41. The molecule has 1 atom stereocenters. The number of amides is 2. The number of nitrogens with two attached hydrogens (primary N) is 2. The van der Waals surface area contributed by atoms with E-state index in [0.29, 0.717) is 29.1 Å². The van der Waals surface area contributed by atoms with Crippen molar-refractivity contribution in [2.45, 2.75) is 39.2 Å². The molecule has 0 aliphatic carbocycles. The lowest BCUT2D eigenvalue weighted by Crippen LogP contribution is -2.58. The van der Waals surface area contributed by atoms with Gasteiger partial charge in [-0.3, -0.25) is 14.6 Å². The van der Waals surface area contributed by atoms with Crippen LogP contribution in [0.3, 0.4) is 0 Å². The molecule has 1 saturated heterocycles. The molecule has 3 rings (SSSR count). The molecule has 2 aromatic rings. The minimum absolute atomic E-state index is 0.00729. The second-order valence-electron chi connectivity index (χ2n) is 7.27. The molecule has 1 aliphatic heterocycles. The Kier molecular flexibility index (Phi) is 9.55. The topological polar surface area (TPSA) is 142 Å². The number of rotatable bonds is 9. The largest absolute Gasteiger partial charge is 0.487 e. The van der Waals surface area contributed by atoms with E-state index in [-0.39, 0.29) is 30.9 Å². The highest BCUT2D eigenvalue weighted by Crippen LogP contribution is 2.30.